The summed E-state index contributed by atoms with van der Waals surface area (Å²) in [5, 5.41) is 12.0. The number of sulfonamides is 1. The first kappa shape index (κ1) is 19.3. The van der Waals surface area contributed by atoms with Gasteiger partial charge in [0, 0.05) is 19.7 Å². The number of carboxylic acid groups (broad SMARTS) is 1. The largest absolute Gasteiger partial charge is 0.477 e. The highest BCUT2D eigenvalue weighted by atomic mass is 32.2. The Morgan fingerprint density at radius 1 is 1.22 bits per heavy atom. The molecule has 3 rings (SSSR count). The number of aromatic nitrogens is 1. The third-order valence-electron chi connectivity index (χ3n) is 4.20. The molecule has 1 fully saturated rings. The Morgan fingerprint density at radius 2 is 2.00 bits per heavy atom. The molecular weight excluding hydrogens is 370 g/mol. The van der Waals surface area contributed by atoms with E-state index in [1.54, 1.807) is 24.3 Å². The fourth-order valence-electron chi connectivity index (χ4n) is 2.72. The average Bonchev–Trinajstić information content (AvgIpc) is 3.19. The number of benzene rings is 1. The van der Waals surface area contributed by atoms with Gasteiger partial charge in [0.25, 0.3) is 0 Å². The van der Waals surface area contributed by atoms with Gasteiger partial charge in [-0.05, 0) is 42.7 Å². The van der Waals surface area contributed by atoms with Gasteiger partial charge in [0.15, 0.2) is 5.69 Å². The first-order chi connectivity index (χ1) is 12.9. The molecule has 9 heteroatoms. The summed E-state index contributed by atoms with van der Waals surface area (Å²) >= 11 is 0. The van der Waals surface area contributed by atoms with E-state index in [1.165, 1.54) is 18.2 Å². The standard InChI is InChI=1S/C18H21N3O5S/c22-18(23)16-4-1-5-17(21-16)19-11-13-6-8-15(9-7-13)27(24,25)20-12-14-3-2-10-26-14/h1,4-9,14,20H,2-3,10-12H2,(H,19,21)(H,22,23). The molecule has 2 heterocycles. The lowest BCUT2D eigenvalue weighted by Crippen LogP contribution is -2.31. The molecule has 0 bridgehead atoms. The summed E-state index contributed by atoms with van der Waals surface area (Å²) in [6, 6.07) is 11.2. The first-order valence-corrected chi connectivity index (χ1v) is 10.1. The van der Waals surface area contributed by atoms with Crippen LogP contribution in [0, 0.1) is 0 Å². The lowest BCUT2D eigenvalue weighted by Gasteiger charge is -2.12. The van der Waals surface area contributed by atoms with Crippen molar-refractivity contribution in [3.63, 3.8) is 0 Å². The molecule has 1 atom stereocenters. The molecule has 1 unspecified atom stereocenters. The summed E-state index contributed by atoms with van der Waals surface area (Å²) in [5.74, 6) is -0.659. The number of hydrogen-bond acceptors (Lipinski definition) is 6. The van der Waals surface area contributed by atoms with E-state index in [9.17, 15) is 13.2 Å². The van der Waals surface area contributed by atoms with Crippen molar-refractivity contribution in [2.45, 2.75) is 30.4 Å². The molecule has 0 saturated carbocycles. The van der Waals surface area contributed by atoms with Crippen LogP contribution >= 0.6 is 0 Å². The SMILES string of the molecule is O=C(O)c1cccc(NCc2ccc(S(=O)(=O)NCC3CCCO3)cc2)n1. The van der Waals surface area contributed by atoms with Crippen LogP contribution < -0.4 is 10.0 Å². The van der Waals surface area contributed by atoms with Crippen LogP contribution in [0.1, 0.15) is 28.9 Å². The van der Waals surface area contributed by atoms with Crippen LogP contribution in [0.2, 0.25) is 0 Å². The van der Waals surface area contributed by atoms with Gasteiger partial charge < -0.3 is 15.2 Å². The predicted octanol–water partition coefficient (Wildman–Crippen LogP) is 1.85. The topological polar surface area (TPSA) is 118 Å². The number of hydrogen-bond donors (Lipinski definition) is 3. The van der Waals surface area contributed by atoms with Crippen molar-refractivity contribution in [2.75, 3.05) is 18.5 Å². The number of anilines is 1. The zero-order valence-electron chi connectivity index (χ0n) is 14.6. The number of nitrogens with one attached hydrogen (secondary N) is 2. The smallest absolute Gasteiger partial charge is 0.354 e. The number of pyridine rings is 1. The van der Waals surface area contributed by atoms with Gasteiger partial charge in [-0.2, -0.15) is 0 Å². The van der Waals surface area contributed by atoms with Crippen LogP contribution in [0.15, 0.2) is 47.4 Å². The highest BCUT2D eigenvalue weighted by Gasteiger charge is 2.20. The molecular formula is C18H21N3O5S. The first-order valence-electron chi connectivity index (χ1n) is 8.58. The van der Waals surface area contributed by atoms with Crippen molar-refractivity contribution < 1.29 is 23.1 Å². The normalized spacial score (nSPS) is 17.0. The number of ether oxygens (including phenoxy) is 1. The van der Waals surface area contributed by atoms with Crippen LogP contribution in [0.25, 0.3) is 0 Å². The molecule has 1 saturated heterocycles. The number of nitrogens with zero attached hydrogens (tertiary/aromatic N) is 1. The van der Waals surface area contributed by atoms with Gasteiger partial charge in [0.05, 0.1) is 11.0 Å². The molecule has 1 aliphatic rings. The van der Waals surface area contributed by atoms with E-state index in [4.69, 9.17) is 9.84 Å². The molecule has 8 nitrogen and oxygen atoms in total. The molecule has 27 heavy (non-hydrogen) atoms. The summed E-state index contributed by atoms with van der Waals surface area (Å²) < 4.78 is 32.7. The second kappa shape index (κ2) is 8.47. The lowest BCUT2D eigenvalue weighted by molar-refractivity contribution is 0.0690. The van der Waals surface area contributed by atoms with Gasteiger partial charge in [-0.1, -0.05) is 18.2 Å². The second-order valence-electron chi connectivity index (χ2n) is 6.20. The minimum atomic E-state index is -3.57. The van der Waals surface area contributed by atoms with Crippen LogP contribution in [0.3, 0.4) is 0 Å². The summed E-state index contributed by atoms with van der Waals surface area (Å²) in [7, 11) is -3.57. The van der Waals surface area contributed by atoms with Crippen LogP contribution in [0.5, 0.6) is 0 Å². The molecule has 2 aromatic rings. The molecule has 1 aliphatic heterocycles. The van der Waals surface area contributed by atoms with Gasteiger partial charge in [-0.15, -0.1) is 0 Å². The van der Waals surface area contributed by atoms with E-state index in [0.717, 1.165) is 18.4 Å². The van der Waals surface area contributed by atoms with E-state index in [-0.39, 0.29) is 23.2 Å². The van der Waals surface area contributed by atoms with E-state index >= 15 is 0 Å². The summed E-state index contributed by atoms with van der Waals surface area (Å²) in [6.07, 6.45) is 1.76. The Labute approximate surface area is 157 Å². The molecule has 0 aliphatic carbocycles. The Bertz CT molecular complexity index is 893. The Hall–Kier alpha value is -2.49. The Balaban J connectivity index is 1.58. The maximum atomic E-state index is 12.3. The van der Waals surface area contributed by atoms with Crippen molar-refractivity contribution in [1.82, 2.24) is 9.71 Å². The molecule has 0 spiro atoms. The minimum absolute atomic E-state index is 0.0428. The zero-order chi connectivity index (χ0) is 19.3. The summed E-state index contributed by atoms with van der Waals surface area (Å²) in [5.41, 5.74) is 0.800. The Morgan fingerprint density at radius 3 is 2.67 bits per heavy atom. The zero-order valence-corrected chi connectivity index (χ0v) is 15.4. The number of carbonyl (C=O) groups is 1. The highest BCUT2D eigenvalue weighted by Crippen LogP contribution is 2.15. The molecule has 1 aromatic carbocycles. The molecule has 0 amide bonds. The molecule has 144 valence electrons. The van der Waals surface area contributed by atoms with Gasteiger partial charge >= 0.3 is 5.97 Å². The third-order valence-corrected chi connectivity index (χ3v) is 5.64. The minimum Gasteiger partial charge on any atom is -0.477 e. The van der Waals surface area contributed by atoms with Crippen molar-refractivity contribution in [3.8, 4) is 0 Å². The van der Waals surface area contributed by atoms with Gasteiger partial charge in [-0.25, -0.2) is 22.9 Å². The van der Waals surface area contributed by atoms with E-state index in [0.29, 0.717) is 19.0 Å². The second-order valence-corrected chi connectivity index (χ2v) is 7.96. The summed E-state index contributed by atoms with van der Waals surface area (Å²) in [4.78, 5) is 15.1. The predicted molar refractivity (Wildman–Crippen MR) is 99.1 cm³/mol. The van der Waals surface area contributed by atoms with Crippen LogP contribution in [0.4, 0.5) is 5.82 Å². The van der Waals surface area contributed by atoms with Crippen LogP contribution in [-0.2, 0) is 21.3 Å². The average molecular weight is 391 g/mol. The van der Waals surface area contributed by atoms with E-state index in [1.807, 2.05) is 0 Å². The van der Waals surface area contributed by atoms with E-state index in [2.05, 4.69) is 15.0 Å². The maximum absolute atomic E-state index is 12.3. The van der Waals surface area contributed by atoms with E-state index < -0.39 is 16.0 Å². The number of carboxylic acids is 1. The van der Waals surface area contributed by atoms with Gasteiger partial charge in [0.2, 0.25) is 10.0 Å². The summed E-state index contributed by atoms with van der Waals surface area (Å²) in [6.45, 7) is 1.34. The molecule has 1 aromatic heterocycles. The fourth-order valence-corrected chi connectivity index (χ4v) is 3.79. The van der Waals surface area contributed by atoms with Gasteiger partial charge in [0.1, 0.15) is 5.82 Å². The molecule has 0 radical (unpaired) electrons. The third kappa shape index (κ3) is 5.25. The molecule has 3 N–H and O–H groups in total. The highest BCUT2D eigenvalue weighted by molar-refractivity contribution is 7.89. The van der Waals surface area contributed by atoms with Gasteiger partial charge in [-0.3, -0.25) is 0 Å². The monoisotopic (exact) mass is 391 g/mol. The van der Waals surface area contributed by atoms with Crippen LogP contribution in [-0.4, -0.2) is 43.7 Å². The Kier molecular flexibility index (Phi) is 6.04. The van der Waals surface area contributed by atoms with Crippen molar-refractivity contribution >= 4 is 21.8 Å². The van der Waals surface area contributed by atoms with Crippen molar-refractivity contribution in [2.24, 2.45) is 0 Å². The van der Waals surface area contributed by atoms with Crippen molar-refractivity contribution in [3.05, 3.63) is 53.7 Å². The quantitative estimate of drug-likeness (QED) is 0.628. The van der Waals surface area contributed by atoms with Crippen molar-refractivity contribution in [1.29, 1.82) is 0 Å². The number of aromatic carboxylic acids is 1. The maximum Gasteiger partial charge on any atom is 0.354 e. The number of rotatable bonds is 8. The lowest BCUT2D eigenvalue weighted by atomic mass is 10.2. The fraction of sp³-hybridized carbons (Fsp3) is 0.333.